The van der Waals surface area contributed by atoms with Gasteiger partial charge < -0.3 is 0 Å². The lowest BCUT2D eigenvalue weighted by atomic mass is 10.1. The molecule has 1 heterocycles. The minimum Gasteiger partial charge on any atom is -0.298 e. The topological polar surface area (TPSA) is 59.1 Å². The van der Waals surface area contributed by atoms with E-state index in [1.807, 2.05) is 0 Å². The van der Waals surface area contributed by atoms with Crippen molar-refractivity contribution < 1.29 is 17.8 Å². The van der Waals surface area contributed by atoms with Gasteiger partial charge >= 0.3 is 0 Å². The van der Waals surface area contributed by atoms with Gasteiger partial charge in [0.15, 0.2) is 16.8 Å². The second kappa shape index (κ2) is 8.49. The number of rotatable bonds is 6. The molecular weight excluding hydrogens is 390 g/mol. The molecule has 1 N–H and O–H groups in total. The van der Waals surface area contributed by atoms with E-state index >= 15 is 0 Å². The molecule has 8 heteroatoms. The Balaban J connectivity index is 1.73. The van der Waals surface area contributed by atoms with E-state index in [2.05, 4.69) is 10.3 Å². The fourth-order valence-electron chi connectivity index (χ4n) is 2.47. The maximum Gasteiger partial charge on any atom is 0.258 e. The Morgan fingerprint density at radius 2 is 1.96 bits per heavy atom. The number of carbonyl (C=O) groups excluding carboxylic acids is 1. The Labute approximate surface area is 161 Å². The van der Waals surface area contributed by atoms with Gasteiger partial charge in [-0.1, -0.05) is 25.1 Å². The largest absolute Gasteiger partial charge is 0.298 e. The van der Waals surface area contributed by atoms with Gasteiger partial charge in [-0.2, -0.15) is 0 Å². The number of benzene rings is 2. The number of anilines is 1. The fourth-order valence-corrected chi connectivity index (χ4v) is 4.26. The van der Waals surface area contributed by atoms with Crippen LogP contribution in [0.2, 0.25) is 0 Å². The average Bonchev–Trinajstić information content (AvgIpc) is 3.10. The van der Waals surface area contributed by atoms with Gasteiger partial charge in [0.1, 0.15) is 0 Å². The summed E-state index contributed by atoms with van der Waals surface area (Å²) in [5.41, 5.74) is 0.953. The molecule has 0 spiro atoms. The highest BCUT2D eigenvalue weighted by molar-refractivity contribution is 7.85. The summed E-state index contributed by atoms with van der Waals surface area (Å²) in [6, 6.07) is 10.5. The van der Waals surface area contributed by atoms with Crippen LogP contribution >= 0.6 is 11.3 Å². The zero-order chi connectivity index (χ0) is 19.4. The zero-order valence-electron chi connectivity index (χ0n) is 14.4. The molecule has 27 heavy (non-hydrogen) atoms. The van der Waals surface area contributed by atoms with Crippen LogP contribution in [0.3, 0.4) is 0 Å². The number of halogens is 2. The number of nitrogens with one attached hydrogen (secondary N) is 1. The van der Waals surface area contributed by atoms with Gasteiger partial charge in [-0.15, -0.1) is 11.3 Å². The van der Waals surface area contributed by atoms with Crippen molar-refractivity contribution in [1.82, 2.24) is 4.98 Å². The predicted molar refractivity (Wildman–Crippen MR) is 103 cm³/mol. The standard InChI is InChI=1S/C19H16F2N2O2S2/c1-2-27(25)17-6-4-3-5-14(17)18(24)23-19-22-11-13(26-19)9-12-7-8-15(20)16(21)10-12/h3-8,10-11H,2,9H2,1H3,(H,22,23,24). The Morgan fingerprint density at radius 1 is 1.19 bits per heavy atom. The van der Waals surface area contributed by atoms with Crippen LogP contribution in [0.15, 0.2) is 53.6 Å². The molecule has 0 saturated heterocycles. The molecule has 0 aliphatic heterocycles. The highest BCUT2D eigenvalue weighted by Crippen LogP contribution is 2.23. The van der Waals surface area contributed by atoms with E-state index in [9.17, 15) is 17.8 Å². The summed E-state index contributed by atoms with van der Waals surface area (Å²) in [7, 11) is -1.25. The smallest absolute Gasteiger partial charge is 0.258 e. The van der Waals surface area contributed by atoms with Crippen LogP contribution in [0.25, 0.3) is 0 Å². The van der Waals surface area contributed by atoms with Crippen molar-refractivity contribution >= 4 is 33.2 Å². The first-order valence-electron chi connectivity index (χ1n) is 8.15. The third-order valence-corrected chi connectivity index (χ3v) is 6.06. The molecule has 1 amide bonds. The summed E-state index contributed by atoms with van der Waals surface area (Å²) in [6.07, 6.45) is 1.96. The van der Waals surface area contributed by atoms with Gasteiger partial charge in [-0.05, 0) is 29.8 Å². The highest BCUT2D eigenvalue weighted by atomic mass is 32.2. The van der Waals surface area contributed by atoms with E-state index in [0.717, 1.165) is 17.0 Å². The normalized spacial score (nSPS) is 12.0. The van der Waals surface area contributed by atoms with E-state index in [0.29, 0.717) is 33.3 Å². The monoisotopic (exact) mass is 406 g/mol. The highest BCUT2D eigenvalue weighted by Gasteiger charge is 2.16. The second-order valence-electron chi connectivity index (χ2n) is 5.64. The first-order chi connectivity index (χ1) is 13.0. The molecule has 0 fully saturated rings. The number of aromatic nitrogens is 1. The average molecular weight is 406 g/mol. The zero-order valence-corrected chi connectivity index (χ0v) is 16.0. The van der Waals surface area contributed by atoms with Crippen molar-refractivity contribution in [2.24, 2.45) is 0 Å². The van der Waals surface area contributed by atoms with Crippen molar-refractivity contribution in [2.75, 3.05) is 11.1 Å². The van der Waals surface area contributed by atoms with Crippen molar-refractivity contribution in [3.8, 4) is 0 Å². The van der Waals surface area contributed by atoms with Crippen LogP contribution in [0.5, 0.6) is 0 Å². The van der Waals surface area contributed by atoms with Crippen molar-refractivity contribution in [3.63, 3.8) is 0 Å². The molecule has 0 bridgehead atoms. The van der Waals surface area contributed by atoms with Gasteiger partial charge in [0.2, 0.25) is 0 Å². The molecule has 1 atom stereocenters. The van der Waals surface area contributed by atoms with Crippen LogP contribution in [0.1, 0.15) is 27.7 Å². The van der Waals surface area contributed by atoms with Crippen molar-refractivity contribution in [1.29, 1.82) is 0 Å². The maximum absolute atomic E-state index is 13.3. The number of hydrogen-bond acceptors (Lipinski definition) is 4. The minimum atomic E-state index is -1.25. The first-order valence-corrected chi connectivity index (χ1v) is 10.3. The van der Waals surface area contributed by atoms with E-state index in [1.165, 1.54) is 17.4 Å². The van der Waals surface area contributed by atoms with Gasteiger partial charge in [0, 0.05) is 23.2 Å². The molecule has 1 aromatic heterocycles. The van der Waals surface area contributed by atoms with Crippen LogP contribution in [0, 0.1) is 11.6 Å². The van der Waals surface area contributed by atoms with Crippen molar-refractivity contribution in [2.45, 2.75) is 18.2 Å². The number of carbonyl (C=O) groups is 1. The van der Waals surface area contributed by atoms with Gasteiger partial charge in [0.05, 0.1) is 21.3 Å². The van der Waals surface area contributed by atoms with Crippen LogP contribution in [-0.2, 0) is 17.2 Å². The Kier molecular flexibility index (Phi) is 6.08. The van der Waals surface area contributed by atoms with E-state index in [4.69, 9.17) is 0 Å². The number of hydrogen-bond donors (Lipinski definition) is 1. The molecule has 0 radical (unpaired) electrons. The molecule has 140 valence electrons. The van der Waals surface area contributed by atoms with E-state index < -0.39 is 22.4 Å². The maximum atomic E-state index is 13.3. The second-order valence-corrected chi connectivity index (χ2v) is 8.46. The molecule has 3 aromatic rings. The Bertz CT molecular complexity index is 1000. The van der Waals surface area contributed by atoms with Gasteiger partial charge in [0.25, 0.3) is 5.91 Å². The van der Waals surface area contributed by atoms with E-state index in [-0.39, 0.29) is 5.91 Å². The summed E-state index contributed by atoms with van der Waals surface area (Å²) in [4.78, 5) is 18.0. The van der Waals surface area contributed by atoms with Gasteiger partial charge in [-0.25, -0.2) is 13.8 Å². The van der Waals surface area contributed by atoms with E-state index in [1.54, 1.807) is 37.4 Å². The molecule has 0 aliphatic carbocycles. The molecule has 0 saturated carbocycles. The summed E-state index contributed by atoms with van der Waals surface area (Å²) < 4.78 is 38.4. The Hall–Kier alpha value is -2.45. The van der Waals surface area contributed by atoms with Crippen LogP contribution in [-0.4, -0.2) is 20.9 Å². The minimum absolute atomic E-state index is 0.343. The third-order valence-electron chi connectivity index (χ3n) is 3.78. The number of amides is 1. The van der Waals surface area contributed by atoms with Crippen LogP contribution < -0.4 is 5.32 Å². The lowest BCUT2D eigenvalue weighted by Gasteiger charge is -2.07. The molecular formula is C19H16F2N2O2S2. The third kappa shape index (κ3) is 4.64. The summed E-state index contributed by atoms with van der Waals surface area (Å²) in [5, 5.41) is 3.09. The molecule has 4 nitrogen and oxygen atoms in total. The Morgan fingerprint density at radius 3 is 2.70 bits per heavy atom. The summed E-state index contributed by atoms with van der Waals surface area (Å²) in [6.45, 7) is 1.79. The molecule has 0 aliphatic rings. The molecule has 3 rings (SSSR count). The number of nitrogens with zero attached hydrogens (tertiary/aromatic N) is 1. The summed E-state index contributed by atoms with van der Waals surface area (Å²) >= 11 is 1.25. The van der Waals surface area contributed by atoms with Gasteiger partial charge in [-0.3, -0.25) is 14.3 Å². The number of thiazole rings is 1. The lowest BCUT2D eigenvalue weighted by molar-refractivity contribution is 0.102. The first kappa shape index (κ1) is 19.3. The fraction of sp³-hybridized carbons (Fsp3) is 0.158. The quantitative estimate of drug-likeness (QED) is 0.660. The molecule has 2 aromatic carbocycles. The van der Waals surface area contributed by atoms with Crippen molar-refractivity contribution in [3.05, 3.63) is 76.3 Å². The predicted octanol–water partition coefficient (Wildman–Crippen LogP) is 4.39. The SMILES string of the molecule is CCS(=O)c1ccccc1C(=O)Nc1ncc(Cc2ccc(F)c(F)c2)s1. The summed E-state index contributed by atoms with van der Waals surface area (Å²) in [5.74, 6) is -1.76. The van der Waals surface area contributed by atoms with Crippen LogP contribution in [0.4, 0.5) is 13.9 Å². The lowest BCUT2D eigenvalue weighted by Crippen LogP contribution is -2.15. The molecule has 1 unspecified atom stereocenters.